The number of ether oxygens (including phenoxy) is 1. The second-order valence-electron chi connectivity index (χ2n) is 6.99. The molecule has 0 spiro atoms. The second-order valence-corrected chi connectivity index (χ2v) is 11.7. The number of rotatable bonds is 4. The van der Waals surface area contributed by atoms with E-state index >= 15 is 0 Å². The van der Waals surface area contributed by atoms with Gasteiger partial charge in [-0.3, -0.25) is 0 Å². The van der Waals surface area contributed by atoms with E-state index in [1.807, 2.05) is 13.8 Å². The zero-order valence-electron chi connectivity index (χ0n) is 15.6. The van der Waals surface area contributed by atoms with Crippen LogP contribution in [0.3, 0.4) is 0 Å². The minimum Gasteiger partial charge on any atom is -0.373 e. The number of morpholine rings is 1. The van der Waals surface area contributed by atoms with Crippen molar-refractivity contribution in [2.45, 2.75) is 31.0 Å². The Labute approximate surface area is 176 Å². The van der Waals surface area contributed by atoms with Crippen molar-refractivity contribution in [3.63, 3.8) is 0 Å². The van der Waals surface area contributed by atoms with E-state index in [1.165, 1.54) is 31.1 Å². The monoisotopic (exact) mass is 471 g/mol. The number of sulfonamides is 1. The van der Waals surface area contributed by atoms with Crippen LogP contribution in [0.1, 0.15) is 13.8 Å². The Kier molecular flexibility index (Phi) is 6.63. The molecule has 2 aliphatic rings. The summed E-state index contributed by atoms with van der Waals surface area (Å²) < 4.78 is 61.2. The van der Waals surface area contributed by atoms with Crippen LogP contribution in [0.5, 0.6) is 0 Å². The lowest BCUT2D eigenvalue weighted by Gasteiger charge is -2.40. The Morgan fingerprint density at radius 1 is 0.821 bits per heavy atom. The van der Waals surface area contributed by atoms with Crippen LogP contribution >= 0.6 is 23.2 Å². The van der Waals surface area contributed by atoms with E-state index in [0.29, 0.717) is 0 Å². The average Bonchev–Trinajstić information content (AvgIpc) is 2.60. The van der Waals surface area contributed by atoms with Gasteiger partial charge in [-0.05, 0) is 32.0 Å². The highest BCUT2D eigenvalue weighted by Gasteiger charge is 2.38. The summed E-state index contributed by atoms with van der Waals surface area (Å²) in [6.07, 6.45) is -0.375. The van der Waals surface area contributed by atoms with Crippen LogP contribution in [-0.4, -0.2) is 81.2 Å². The van der Waals surface area contributed by atoms with Crippen LogP contribution in [0.25, 0.3) is 0 Å². The number of nitrogens with zero attached hydrogens (tertiary/aromatic N) is 3. The van der Waals surface area contributed by atoms with Crippen molar-refractivity contribution in [3.8, 4) is 0 Å². The molecule has 0 aliphatic carbocycles. The zero-order chi connectivity index (χ0) is 20.7. The highest BCUT2D eigenvalue weighted by atomic mass is 35.5. The van der Waals surface area contributed by atoms with Gasteiger partial charge in [0.25, 0.3) is 10.2 Å². The SMILES string of the molecule is C[C@H]1CN(S(=O)(=O)N2CCN(S(=O)(=O)c3cc(Cl)cc(Cl)c3)CC2)C[C@H](C)O1. The molecule has 0 aromatic heterocycles. The molecule has 0 saturated carbocycles. The number of halogens is 2. The van der Waals surface area contributed by atoms with Crippen LogP contribution in [0.2, 0.25) is 10.0 Å². The molecule has 0 bridgehead atoms. The number of hydrogen-bond donors (Lipinski definition) is 0. The van der Waals surface area contributed by atoms with Gasteiger partial charge in [0, 0.05) is 49.3 Å². The molecule has 3 rings (SSSR count). The Bertz CT molecular complexity index is 903. The van der Waals surface area contributed by atoms with Gasteiger partial charge in [-0.1, -0.05) is 23.2 Å². The maximum absolute atomic E-state index is 12.9. The highest BCUT2D eigenvalue weighted by molar-refractivity contribution is 7.89. The molecule has 2 saturated heterocycles. The van der Waals surface area contributed by atoms with E-state index in [0.717, 1.165) is 0 Å². The lowest BCUT2D eigenvalue weighted by molar-refractivity contribution is -0.0456. The second kappa shape index (κ2) is 8.35. The first-order valence-electron chi connectivity index (χ1n) is 8.87. The van der Waals surface area contributed by atoms with E-state index in [1.54, 1.807) is 0 Å². The smallest absolute Gasteiger partial charge is 0.282 e. The first kappa shape index (κ1) is 22.2. The van der Waals surface area contributed by atoms with Gasteiger partial charge in [-0.25, -0.2) is 8.42 Å². The van der Waals surface area contributed by atoms with Crippen LogP contribution in [0.15, 0.2) is 23.1 Å². The first-order valence-corrected chi connectivity index (χ1v) is 12.5. The van der Waals surface area contributed by atoms with Crippen molar-refractivity contribution < 1.29 is 21.6 Å². The van der Waals surface area contributed by atoms with Crippen molar-refractivity contribution >= 4 is 43.4 Å². The third-order valence-electron chi connectivity index (χ3n) is 4.71. The normalized spacial score (nSPS) is 26.4. The predicted molar refractivity (Wildman–Crippen MR) is 107 cm³/mol. The molecule has 1 aromatic carbocycles. The van der Waals surface area contributed by atoms with Crippen molar-refractivity contribution in [3.05, 3.63) is 28.2 Å². The maximum atomic E-state index is 12.9. The van der Waals surface area contributed by atoms with E-state index < -0.39 is 20.2 Å². The van der Waals surface area contributed by atoms with Gasteiger partial charge >= 0.3 is 0 Å². The fourth-order valence-corrected chi connectivity index (χ4v) is 7.35. The van der Waals surface area contributed by atoms with Gasteiger partial charge in [-0.2, -0.15) is 21.3 Å². The summed E-state index contributed by atoms with van der Waals surface area (Å²) >= 11 is 11.8. The lowest BCUT2D eigenvalue weighted by atomic mass is 10.3. The first-order chi connectivity index (χ1) is 13.0. The Balaban J connectivity index is 1.71. The fraction of sp³-hybridized carbons (Fsp3) is 0.625. The van der Waals surface area contributed by atoms with Crippen LogP contribution in [-0.2, 0) is 25.0 Å². The Hall–Kier alpha value is -0.460. The molecule has 0 radical (unpaired) electrons. The molecule has 2 atom stereocenters. The molecule has 0 N–H and O–H groups in total. The van der Waals surface area contributed by atoms with Crippen molar-refractivity contribution in [1.29, 1.82) is 0 Å². The van der Waals surface area contributed by atoms with Gasteiger partial charge in [-0.15, -0.1) is 0 Å². The topological polar surface area (TPSA) is 87.2 Å². The quantitative estimate of drug-likeness (QED) is 0.665. The van der Waals surface area contributed by atoms with Crippen molar-refractivity contribution in [2.75, 3.05) is 39.3 Å². The summed E-state index contributed by atoms with van der Waals surface area (Å²) in [5.41, 5.74) is 0. The minimum atomic E-state index is -3.81. The third-order valence-corrected chi connectivity index (χ3v) is 8.99. The standard InChI is InChI=1S/C16H23Cl2N3O5S2/c1-12-10-21(11-13(2)26-12)28(24,25)20-5-3-19(4-6-20)27(22,23)16-8-14(17)7-15(18)9-16/h7-9,12-13H,3-6,10-11H2,1-2H3/t12-,13-/m0/s1. The molecule has 0 amide bonds. The summed E-state index contributed by atoms with van der Waals surface area (Å²) in [6, 6.07) is 4.13. The zero-order valence-corrected chi connectivity index (χ0v) is 18.7. The van der Waals surface area contributed by atoms with Crippen molar-refractivity contribution in [1.82, 2.24) is 12.9 Å². The summed E-state index contributed by atoms with van der Waals surface area (Å²) in [5, 5.41) is 0.450. The van der Waals surface area contributed by atoms with Gasteiger partial charge in [0.1, 0.15) is 0 Å². The molecule has 8 nitrogen and oxygen atoms in total. The molecule has 2 aliphatic heterocycles. The van der Waals surface area contributed by atoms with Crippen LogP contribution in [0, 0.1) is 0 Å². The molecule has 2 heterocycles. The lowest BCUT2D eigenvalue weighted by Crippen LogP contribution is -2.57. The molecule has 0 unspecified atom stereocenters. The molecule has 1 aromatic rings. The molecule has 28 heavy (non-hydrogen) atoms. The largest absolute Gasteiger partial charge is 0.373 e. The van der Waals surface area contributed by atoms with E-state index in [2.05, 4.69) is 0 Å². The molecular formula is C16H23Cl2N3O5S2. The van der Waals surface area contributed by atoms with Gasteiger partial charge in [0.2, 0.25) is 10.0 Å². The predicted octanol–water partition coefficient (Wildman–Crippen LogP) is 1.65. The number of benzene rings is 1. The average molecular weight is 472 g/mol. The number of hydrogen-bond acceptors (Lipinski definition) is 5. The molecule has 2 fully saturated rings. The summed E-state index contributed by atoms with van der Waals surface area (Å²) in [6.45, 7) is 4.50. The maximum Gasteiger partial charge on any atom is 0.282 e. The van der Waals surface area contributed by atoms with E-state index in [-0.39, 0.29) is 66.4 Å². The summed E-state index contributed by atoms with van der Waals surface area (Å²) in [7, 11) is -7.48. The Morgan fingerprint density at radius 3 is 1.79 bits per heavy atom. The van der Waals surface area contributed by atoms with Crippen LogP contribution < -0.4 is 0 Å². The van der Waals surface area contributed by atoms with E-state index in [9.17, 15) is 16.8 Å². The Morgan fingerprint density at radius 2 is 1.29 bits per heavy atom. The van der Waals surface area contributed by atoms with Gasteiger partial charge in [0.15, 0.2) is 0 Å². The minimum absolute atomic E-state index is 0.00265. The summed E-state index contributed by atoms with van der Waals surface area (Å²) in [4.78, 5) is -0.00265. The number of piperazine rings is 1. The third kappa shape index (κ3) is 4.65. The fourth-order valence-electron chi connectivity index (χ4n) is 3.45. The highest BCUT2D eigenvalue weighted by Crippen LogP contribution is 2.26. The van der Waals surface area contributed by atoms with Gasteiger partial charge < -0.3 is 4.74 Å². The van der Waals surface area contributed by atoms with E-state index in [4.69, 9.17) is 27.9 Å². The van der Waals surface area contributed by atoms with Gasteiger partial charge in [0.05, 0.1) is 17.1 Å². The molecule has 12 heteroatoms. The van der Waals surface area contributed by atoms with Crippen LogP contribution in [0.4, 0.5) is 0 Å². The molecular weight excluding hydrogens is 449 g/mol. The molecule has 158 valence electrons. The van der Waals surface area contributed by atoms with Crippen molar-refractivity contribution in [2.24, 2.45) is 0 Å². The summed E-state index contributed by atoms with van der Waals surface area (Å²) in [5.74, 6) is 0.